The summed E-state index contributed by atoms with van der Waals surface area (Å²) < 4.78 is 2.63. The highest BCUT2D eigenvalue weighted by molar-refractivity contribution is 5.86. The van der Waals surface area contributed by atoms with Gasteiger partial charge in [0.05, 0.1) is 0 Å². The van der Waals surface area contributed by atoms with Gasteiger partial charge >= 0.3 is 0 Å². The minimum atomic E-state index is 0.455. The minimum Gasteiger partial charge on any atom is -0.344 e. The molecular weight excluding hydrogens is 282 g/mol. The van der Waals surface area contributed by atoms with Gasteiger partial charge in [-0.2, -0.15) is 0 Å². The fraction of sp³-hybridized carbons (Fsp3) is 0.600. The first-order chi connectivity index (χ1) is 11.2. The van der Waals surface area contributed by atoms with Crippen molar-refractivity contribution in [1.82, 2.24) is 15.2 Å². The Kier molecular flexibility index (Phi) is 4.16. The van der Waals surface area contributed by atoms with E-state index in [2.05, 4.69) is 53.3 Å². The second-order valence-electron chi connectivity index (χ2n) is 7.52. The normalized spacial score (nSPS) is 28.0. The molecule has 3 unspecified atom stereocenters. The lowest BCUT2D eigenvalue weighted by atomic mass is 9.95. The molecule has 0 spiro atoms. The van der Waals surface area contributed by atoms with Crippen LogP contribution in [0.15, 0.2) is 24.3 Å². The van der Waals surface area contributed by atoms with Crippen LogP contribution in [0.3, 0.4) is 0 Å². The maximum atomic E-state index is 3.72. The Labute approximate surface area is 139 Å². The van der Waals surface area contributed by atoms with Gasteiger partial charge in [0.2, 0.25) is 0 Å². The third kappa shape index (κ3) is 2.81. The molecule has 3 heteroatoms. The second kappa shape index (κ2) is 6.29. The average molecular weight is 311 g/mol. The highest BCUT2D eigenvalue weighted by Gasteiger charge is 2.27. The molecule has 2 aliphatic heterocycles. The number of piperidine rings is 1. The van der Waals surface area contributed by atoms with Gasteiger partial charge in [-0.3, -0.25) is 0 Å². The van der Waals surface area contributed by atoms with Gasteiger partial charge in [-0.1, -0.05) is 18.2 Å². The number of nitrogens with one attached hydrogen (secondary N) is 2. The van der Waals surface area contributed by atoms with Crippen LogP contribution in [0.5, 0.6) is 0 Å². The number of rotatable bonds is 3. The summed E-state index contributed by atoms with van der Waals surface area (Å²) in [6, 6.07) is 10.0. The second-order valence-corrected chi connectivity index (χ2v) is 7.52. The molecule has 2 N–H and O–H groups in total. The van der Waals surface area contributed by atoms with E-state index in [1.54, 1.807) is 11.3 Å². The molecule has 124 valence electrons. The molecule has 3 atom stereocenters. The third-order valence-corrected chi connectivity index (χ3v) is 5.75. The fourth-order valence-corrected chi connectivity index (χ4v) is 4.68. The van der Waals surface area contributed by atoms with Gasteiger partial charge in [0.15, 0.2) is 0 Å². The third-order valence-electron chi connectivity index (χ3n) is 5.75. The molecule has 4 rings (SSSR count). The van der Waals surface area contributed by atoms with Crippen LogP contribution in [0.1, 0.15) is 50.4 Å². The quantitative estimate of drug-likeness (QED) is 0.906. The molecule has 0 amide bonds. The van der Waals surface area contributed by atoms with E-state index in [0.29, 0.717) is 12.1 Å². The van der Waals surface area contributed by atoms with Crippen molar-refractivity contribution in [3.8, 4) is 0 Å². The first kappa shape index (κ1) is 15.2. The Hall–Kier alpha value is -1.32. The SMILES string of the molecule is CC1Cc2c(c3ccccc3n2CCC2CCCNC2)C(C)N1. The van der Waals surface area contributed by atoms with E-state index in [0.717, 1.165) is 12.3 Å². The summed E-state index contributed by atoms with van der Waals surface area (Å²) in [5.74, 6) is 0.845. The summed E-state index contributed by atoms with van der Waals surface area (Å²) in [5.41, 5.74) is 4.55. The van der Waals surface area contributed by atoms with E-state index in [1.807, 2.05) is 0 Å². The fourth-order valence-electron chi connectivity index (χ4n) is 4.68. The number of benzene rings is 1. The van der Waals surface area contributed by atoms with Crippen molar-refractivity contribution in [2.24, 2.45) is 5.92 Å². The topological polar surface area (TPSA) is 29.0 Å². The van der Waals surface area contributed by atoms with Crippen LogP contribution in [0.2, 0.25) is 0 Å². The van der Waals surface area contributed by atoms with Crippen molar-refractivity contribution in [3.63, 3.8) is 0 Å². The Morgan fingerprint density at radius 3 is 2.91 bits per heavy atom. The predicted octanol–water partition coefficient (Wildman–Crippen LogP) is 3.63. The molecule has 0 radical (unpaired) electrons. The van der Waals surface area contributed by atoms with Crippen LogP contribution in [0, 0.1) is 5.92 Å². The van der Waals surface area contributed by atoms with Gasteiger partial charge in [0.1, 0.15) is 0 Å². The lowest BCUT2D eigenvalue weighted by Gasteiger charge is -2.29. The van der Waals surface area contributed by atoms with E-state index in [9.17, 15) is 0 Å². The van der Waals surface area contributed by atoms with Gasteiger partial charge in [-0.05, 0) is 63.7 Å². The number of aryl methyl sites for hydroxylation is 1. The number of nitrogens with zero attached hydrogens (tertiary/aromatic N) is 1. The van der Waals surface area contributed by atoms with E-state index >= 15 is 0 Å². The molecule has 0 saturated carbocycles. The van der Waals surface area contributed by atoms with Crippen LogP contribution < -0.4 is 10.6 Å². The summed E-state index contributed by atoms with van der Waals surface area (Å²) in [4.78, 5) is 0. The first-order valence-electron chi connectivity index (χ1n) is 9.31. The Bertz CT molecular complexity index is 681. The van der Waals surface area contributed by atoms with E-state index in [-0.39, 0.29) is 0 Å². The molecule has 1 aromatic carbocycles. The molecular formula is C20H29N3. The Morgan fingerprint density at radius 2 is 2.09 bits per heavy atom. The standard InChI is InChI=1S/C20H29N3/c1-14-12-19-20(15(2)22-14)17-7-3-4-8-18(17)23(19)11-9-16-6-5-10-21-13-16/h3-4,7-8,14-16,21-22H,5-6,9-13H2,1-2H3. The number of hydrogen-bond acceptors (Lipinski definition) is 2. The maximum absolute atomic E-state index is 3.72. The molecule has 2 aliphatic rings. The molecule has 0 bridgehead atoms. The summed E-state index contributed by atoms with van der Waals surface area (Å²) in [7, 11) is 0. The lowest BCUT2D eigenvalue weighted by molar-refractivity contribution is 0.339. The molecule has 23 heavy (non-hydrogen) atoms. The molecule has 3 heterocycles. The van der Waals surface area contributed by atoms with Gasteiger partial charge in [0, 0.05) is 41.6 Å². The Balaban J connectivity index is 1.69. The number of fused-ring (bicyclic) bond motifs is 3. The van der Waals surface area contributed by atoms with Crippen LogP contribution in [0.4, 0.5) is 0 Å². The van der Waals surface area contributed by atoms with Crippen molar-refractivity contribution in [3.05, 3.63) is 35.5 Å². The summed E-state index contributed by atoms with van der Waals surface area (Å²) in [6.45, 7) is 8.21. The summed E-state index contributed by atoms with van der Waals surface area (Å²) in [6.07, 6.45) is 5.18. The molecule has 0 aliphatic carbocycles. The first-order valence-corrected chi connectivity index (χ1v) is 9.31. The molecule has 2 aromatic rings. The smallest absolute Gasteiger partial charge is 0.0486 e. The molecule has 1 saturated heterocycles. The van der Waals surface area contributed by atoms with Crippen molar-refractivity contribution in [2.75, 3.05) is 13.1 Å². The van der Waals surface area contributed by atoms with E-state index in [1.165, 1.54) is 49.8 Å². The van der Waals surface area contributed by atoms with Crippen molar-refractivity contribution < 1.29 is 0 Å². The van der Waals surface area contributed by atoms with Crippen LogP contribution >= 0.6 is 0 Å². The zero-order chi connectivity index (χ0) is 15.8. The van der Waals surface area contributed by atoms with Gasteiger partial charge in [-0.15, -0.1) is 0 Å². The van der Waals surface area contributed by atoms with E-state index < -0.39 is 0 Å². The molecule has 1 aromatic heterocycles. The van der Waals surface area contributed by atoms with Crippen LogP contribution in [-0.2, 0) is 13.0 Å². The highest BCUT2D eigenvalue weighted by Crippen LogP contribution is 2.35. The average Bonchev–Trinajstić information content (AvgIpc) is 2.87. The van der Waals surface area contributed by atoms with Crippen molar-refractivity contribution in [2.45, 2.75) is 58.2 Å². The Morgan fingerprint density at radius 1 is 1.22 bits per heavy atom. The zero-order valence-electron chi connectivity index (χ0n) is 14.4. The maximum Gasteiger partial charge on any atom is 0.0486 e. The molecule has 1 fully saturated rings. The van der Waals surface area contributed by atoms with Gasteiger partial charge in [0.25, 0.3) is 0 Å². The number of para-hydroxylation sites is 1. The van der Waals surface area contributed by atoms with Gasteiger partial charge < -0.3 is 15.2 Å². The number of hydrogen-bond donors (Lipinski definition) is 2. The summed E-state index contributed by atoms with van der Waals surface area (Å²) in [5, 5.41) is 8.74. The monoisotopic (exact) mass is 311 g/mol. The summed E-state index contributed by atoms with van der Waals surface area (Å²) >= 11 is 0. The number of aromatic nitrogens is 1. The van der Waals surface area contributed by atoms with Crippen molar-refractivity contribution >= 4 is 10.9 Å². The minimum absolute atomic E-state index is 0.455. The van der Waals surface area contributed by atoms with Gasteiger partial charge in [-0.25, -0.2) is 0 Å². The lowest BCUT2D eigenvalue weighted by Crippen LogP contribution is -2.36. The van der Waals surface area contributed by atoms with E-state index in [4.69, 9.17) is 0 Å². The molecule has 3 nitrogen and oxygen atoms in total. The predicted molar refractivity (Wildman–Crippen MR) is 96.9 cm³/mol. The van der Waals surface area contributed by atoms with Crippen LogP contribution in [-0.4, -0.2) is 23.7 Å². The zero-order valence-corrected chi connectivity index (χ0v) is 14.4. The largest absolute Gasteiger partial charge is 0.344 e. The van der Waals surface area contributed by atoms with Crippen LogP contribution in [0.25, 0.3) is 10.9 Å². The van der Waals surface area contributed by atoms with Crippen molar-refractivity contribution in [1.29, 1.82) is 0 Å². The highest BCUT2D eigenvalue weighted by atomic mass is 15.0.